The normalized spacial score (nSPS) is 11.2. The Bertz CT molecular complexity index is 1100. The second kappa shape index (κ2) is 6.71. The molecule has 4 aromatic rings. The second-order valence-corrected chi connectivity index (χ2v) is 6.02. The number of hydrogen-bond acceptors (Lipinski definition) is 4. The molecule has 0 aliphatic carbocycles. The molecule has 6 nitrogen and oxygen atoms in total. The van der Waals surface area contributed by atoms with E-state index in [0.29, 0.717) is 18.1 Å². The zero-order valence-corrected chi connectivity index (χ0v) is 14.6. The largest absolute Gasteiger partial charge is 0.494 e. The number of nitrogens with zero attached hydrogens (tertiary/aromatic N) is 4. The van der Waals surface area contributed by atoms with Crippen LogP contribution >= 0.6 is 0 Å². The van der Waals surface area contributed by atoms with Gasteiger partial charge in [-0.2, -0.15) is 10.2 Å². The fourth-order valence-electron chi connectivity index (χ4n) is 2.98. The lowest BCUT2D eigenvalue weighted by molar-refractivity contribution is 0.335. The zero-order valence-electron chi connectivity index (χ0n) is 14.6. The van der Waals surface area contributed by atoms with E-state index in [1.165, 1.54) is 18.3 Å². The highest BCUT2D eigenvalue weighted by atomic mass is 19.1. The number of ether oxygens (including phenoxy) is 1. The molecule has 4 rings (SSSR count). The van der Waals surface area contributed by atoms with E-state index in [4.69, 9.17) is 10.5 Å². The van der Waals surface area contributed by atoms with Gasteiger partial charge in [0.25, 0.3) is 0 Å². The average Bonchev–Trinajstić information content (AvgIpc) is 3.22. The third-order valence-electron chi connectivity index (χ3n) is 4.19. The summed E-state index contributed by atoms with van der Waals surface area (Å²) >= 11 is 0. The molecule has 0 saturated carbocycles. The molecular formula is C19H17F2N5O. The Kier molecular flexibility index (Phi) is 4.23. The smallest absolute Gasteiger partial charge is 0.183 e. The number of aromatic nitrogens is 4. The van der Waals surface area contributed by atoms with Crippen molar-refractivity contribution >= 4 is 16.6 Å². The SMILES string of the molecule is CCOc1cc(F)c(Cn2nc(-n3cc(N)cn3)c3ccccc32)c(F)c1. The summed E-state index contributed by atoms with van der Waals surface area (Å²) in [5.74, 6) is -0.658. The Morgan fingerprint density at radius 2 is 1.89 bits per heavy atom. The lowest BCUT2D eigenvalue weighted by Gasteiger charge is -2.09. The maximum absolute atomic E-state index is 14.5. The van der Waals surface area contributed by atoms with E-state index in [1.807, 2.05) is 24.3 Å². The molecule has 0 radical (unpaired) electrons. The van der Waals surface area contributed by atoms with Gasteiger partial charge < -0.3 is 10.5 Å². The summed E-state index contributed by atoms with van der Waals surface area (Å²) in [5.41, 5.74) is 6.88. The summed E-state index contributed by atoms with van der Waals surface area (Å²) in [6.07, 6.45) is 3.15. The highest BCUT2D eigenvalue weighted by molar-refractivity contribution is 5.86. The molecule has 0 aliphatic rings. The molecule has 0 bridgehead atoms. The van der Waals surface area contributed by atoms with Crippen LogP contribution in [-0.4, -0.2) is 26.2 Å². The summed E-state index contributed by atoms with van der Waals surface area (Å²) in [5, 5.41) is 9.48. The van der Waals surface area contributed by atoms with Gasteiger partial charge in [-0.3, -0.25) is 4.68 Å². The van der Waals surface area contributed by atoms with Crippen molar-refractivity contribution in [1.29, 1.82) is 0 Å². The van der Waals surface area contributed by atoms with Gasteiger partial charge in [0, 0.05) is 23.1 Å². The molecule has 0 atom stereocenters. The number of fused-ring (bicyclic) bond motifs is 1. The molecule has 8 heteroatoms. The maximum atomic E-state index is 14.5. The van der Waals surface area contributed by atoms with Crippen LogP contribution in [0.4, 0.5) is 14.5 Å². The van der Waals surface area contributed by atoms with Gasteiger partial charge in [0.05, 0.1) is 36.7 Å². The van der Waals surface area contributed by atoms with E-state index in [1.54, 1.807) is 22.5 Å². The van der Waals surface area contributed by atoms with Crippen molar-refractivity contribution in [2.45, 2.75) is 13.5 Å². The fourth-order valence-corrected chi connectivity index (χ4v) is 2.98. The highest BCUT2D eigenvalue weighted by Crippen LogP contribution is 2.26. The van der Waals surface area contributed by atoms with Crippen LogP contribution in [0, 0.1) is 11.6 Å². The van der Waals surface area contributed by atoms with Crippen LogP contribution in [0.1, 0.15) is 12.5 Å². The Morgan fingerprint density at radius 1 is 1.15 bits per heavy atom. The van der Waals surface area contributed by atoms with Crippen LogP contribution in [0.3, 0.4) is 0 Å². The van der Waals surface area contributed by atoms with Crippen LogP contribution in [0.25, 0.3) is 16.7 Å². The summed E-state index contributed by atoms with van der Waals surface area (Å²) in [6, 6.07) is 9.78. The third kappa shape index (κ3) is 3.10. The van der Waals surface area contributed by atoms with Crippen molar-refractivity contribution in [2.24, 2.45) is 0 Å². The number of benzene rings is 2. The summed E-state index contributed by atoms with van der Waals surface area (Å²) in [4.78, 5) is 0. The first-order chi connectivity index (χ1) is 13.1. The number of para-hydroxylation sites is 1. The Morgan fingerprint density at radius 3 is 2.56 bits per heavy atom. The molecular weight excluding hydrogens is 352 g/mol. The van der Waals surface area contributed by atoms with Gasteiger partial charge in [0.2, 0.25) is 0 Å². The van der Waals surface area contributed by atoms with Crippen LogP contribution in [-0.2, 0) is 6.54 Å². The topological polar surface area (TPSA) is 70.9 Å². The molecule has 2 aromatic heterocycles. The van der Waals surface area contributed by atoms with Crippen molar-refractivity contribution < 1.29 is 13.5 Å². The molecule has 0 aliphatic heterocycles. The first kappa shape index (κ1) is 17.0. The fraction of sp³-hybridized carbons (Fsp3) is 0.158. The van der Waals surface area contributed by atoms with Gasteiger partial charge in [0.15, 0.2) is 5.82 Å². The number of anilines is 1. The van der Waals surface area contributed by atoms with E-state index in [-0.39, 0.29) is 17.9 Å². The van der Waals surface area contributed by atoms with Gasteiger partial charge in [-0.15, -0.1) is 0 Å². The monoisotopic (exact) mass is 369 g/mol. The van der Waals surface area contributed by atoms with E-state index >= 15 is 0 Å². The minimum atomic E-state index is -0.678. The standard InChI is InChI=1S/C19H17F2N5O/c1-2-27-13-7-16(20)15(17(21)8-13)11-25-18-6-4-3-5-14(18)19(24-25)26-10-12(22)9-23-26/h3-10H,2,11,22H2,1H3. The first-order valence-electron chi connectivity index (χ1n) is 8.43. The molecule has 0 fully saturated rings. The van der Waals surface area contributed by atoms with Crippen LogP contribution in [0.5, 0.6) is 5.75 Å². The van der Waals surface area contributed by atoms with Crippen molar-refractivity contribution in [1.82, 2.24) is 19.6 Å². The Balaban J connectivity index is 1.79. The van der Waals surface area contributed by atoms with E-state index < -0.39 is 11.6 Å². The summed E-state index contributed by atoms with van der Waals surface area (Å²) in [7, 11) is 0. The molecule has 138 valence electrons. The highest BCUT2D eigenvalue weighted by Gasteiger charge is 2.17. The van der Waals surface area contributed by atoms with Crippen molar-refractivity contribution in [3.05, 3.63) is 66.0 Å². The van der Waals surface area contributed by atoms with E-state index in [2.05, 4.69) is 10.2 Å². The minimum absolute atomic E-state index is 0.0681. The van der Waals surface area contributed by atoms with Crippen LogP contribution < -0.4 is 10.5 Å². The summed E-state index contributed by atoms with van der Waals surface area (Å²) < 4.78 is 37.2. The molecule has 0 amide bonds. The van der Waals surface area contributed by atoms with Crippen molar-refractivity contribution in [2.75, 3.05) is 12.3 Å². The van der Waals surface area contributed by atoms with Gasteiger partial charge in [-0.25, -0.2) is 13.5 Å². The second-order valence-electron chi connectivity index (χ2n) is 6.02. The molecule has 0 unspecified atom stereocenters. The third-order valence-corrected chi connectivity index (χ3v) is 4.19. The Labute approximate surface area is 153 Å². The predicted octanol–water partition coefficient (Wildman–Crippen LogP) is 3.53. The molecule has 0 saturated heterocycles. The Hall–Kier alpha value is -3.42. The lowest BCUT2D eigenvalue weighted by atomic mass is 10.2. The first-order valence-corrected chi connectivity index (χ1v) is 8.43. The average molecular weight is 369 g/mol. The quantitative estimate of drug-likeness (QED) is 0.584. The molecule has 2 N–H and O–H groups in total. The number of nitrogen functional groups attached to an aromatic ring is 1. The van der Waals surface area contributed by atoms with Crippen molar-refractivity contribution in [3.8, 4) is 11.6 Å². The lowest BCUT2D eigenvalue weighted by Crippen LogP contribution is -2.08. The minimum Gasteiger partial charge on any atom is -0.494 e. The van der Waals surface area contributed by atoms with E-state index in [9.17, 15) is 8.78 Å². The summed E-state index contributed by atoms with van der Waals surface area (Å²) in [6.45, 7) is 2.02. The predicted molar refractivity (Wildman–Crippen MR) is 97.9 cm³/mol. The number of hydrogen-bond donors (Lipinski definition) is 1. The molecule has 2 aromatic carbocycles. The molecule has 0 spiro atoms. The van der Waals surface area contributed by atoms with Crippen molar-refractivity contribution in [3.63, 3.8) is 0 Å². The number of rotatable bonds is 5. The number of nitrogens with two attached hydrogens (primary N) is 1. The van der Waals surface area contributed by atoms with Gasteiger partial charge in [0.1, 0.15) is 17.4 Å². The van der Waals surface area contributed by atoms with E-state index in [0.717, 1.165) is 10.9 Å². The van der Waals surface area contributed by atoms with Gasteiger partial charge >= 0.3 is 0 Å². The molecule has 27 heavy (non-hydrogen) atoms. The maximum Gasteiger partial charge on any atom is 0.183 e. The van der Waals surface area contributed by atoms with Gasteiger partial charge in [-0.05, 0) is 19.1 Å². The zero-order chi connectivity index (χ0) is 19.0. The van der Waals surface area contributed by atoms with Crippen LogP contribution in [0.15, 0.2) is 48.8 Å². The van der Waals surface area contributed by atoms with Crippen LogP contribution in [0.2, 0.25) is 0 Å². The number of halogens is 2. The van der Waals surface area contributed by atoms with Gasteiger partial charge in [-0.1, -0.05) is 12.1 Å². The molecule has 2 heterocycles.